The van der Waals surface area contributed by atoms with Crippen LogP contribution in [0.4, 0.5) is 34.1 Å². The molecule has 0 saturated carbocycles. The minimum atomic E-state index is -4.69. The van der Waals surface area contributed by atoms with Crippen LogP contribution in [0.2, 0.25) is 0 Å². The molecule has 0 atom stereocenters. The van der Waals surface area contributed by atoms with Crippen molar-refractivity contribution in [2.75, 3.05) is 23.8 Å². The van der Waals surface area contributed by atoms with E-state index in [0.717, 1.165) is 6.07 Å². The molecule has 22 heteroatoms. The number of azo groups is 2. The van der Waals surface area contributed by atoms with E-state index in [-0.39, 0.29) is 68.6 Å². The lowest BCUT2D eigenvalue weighted by molar-refractivity contribution is -0.434. The Morgan fingerprint density at radius 1 is 0.762 bits per heavy atom. The van der Waals surface area contributed by atoms with Crippen molar-refractivity contribution in [1.29, 1.82) is 0 Å². The molecule has 0 amide bonds. The van der Waals surface area contributed by atoms with Crippen molar-refractivity contribution in [3.63, 3.8) is 0 Å². The Kier molecular flexibility index (Phi) is 12.1. The van der Waals surface area contributed by atoms with Crippen LogP contribution in [0.5, 0.6) is 0 Å². The molecule has 0 radical (unpaired) electrons. The van der Waals surface area contributed by atoms with E-state index < -0.39 is 24.9 Å². The maximum absolute atomic E-state index is 12.4. The molecule has 0 heterocycles. The minimum Gasteiger partial charge on any atom is -0.397 e. The maximum Gasteiger partial charge on any atom is 0.296 e. The Labute approximate surface area is 246 Å². The quantitative estimate of drug-likeness (QED) is 0.0268. The fraction of sp³-hybridized carbons (Fsp3) is 0.100. The molecule has 0 aliphatic carbocycles. The van der Waals surface area contributed by atoms with Crippen LogP contribution in [0.15, 0.2) is 89.7 Å². The normalized spacial score (nSPS) is 12.5. The van der Waals surface area contributed by atoms with E-state index in [9.17, 15) is 21.4 Å². The summed E-state index contributed by atoms with van der Waals surface area (Å²) in [5, 5.41) is 39.0. The Morgan fingerprint density at radius 3 is 2.00 bits per heavy atom. The van der Waals surface area contributed by atoms with E-state index in [2.05, 4.69) is 39.2 Å². The molecule has 3 rings (SSSR count). The lowest BCUT2D eigenvalue weighted by atomic mass is 10.2. The van der Waals surface area contributed by atoms with Gasteiger partial charge < -0.3 is 11.5 Å². The molecule has 226 valence electrons. The van der Waals surface area contributed by atoms with Gasteiger partial charge in [0.05, 0.1) is 46.4 Å². The zero-order chi connectivity index (χ0) is 30.8. The average molecular weight is 665 g/mol. The highest BCUT2D eigenvalue weighted by atomic mass is 32.2. The molecule has 0 aliphatic rings. The fourth-order valence-corrected chi connectivity index (χ4v) is 5.36. The molecular weight excluding hydrogens is 645 g/mol. The topological polar surface area (TPSA) is 277 Å². The number of hydrogen-bond donors (Lipinski definition) is 5. The molecule has 0 aliphatic heterocycles. The third-order valence-corrected chi connectivity index (χ3v) is 8.37. The molecule has 7 N–H and O–H groups in total. The molecule has 3 aromatic rings. The summed E-state index contributed by atoms with van der Waals surface area (Å²) in [5.41, 5.74) is 12.2. The number of hydrogen-bond acceptors (Lipinski definition) is 19. The molecule has 0 bridgehead atoms. The molecule has 0 aromatic heterocycles. The van der Waals surface area contributed by atoms with Gasteiger partial charge in [0.2, 0.25) is 0 Å². The second-order valence-electron chi connectivity index (χ2n) is 7.55. The summed E-state index contributed by atoms with van der Waals surface area (Å²) in [6.45, 7) is -0.248. The third kappa shape index (κ3) is 9.65. The van der Waals surface area contributed by atoms with Gasteiger partial charge in [-0.15, -0.1) is 24.0 Å². The van der Waals surface area contributed by atoms with E-state index in [4.69, 9.17) is 26.2 Å². The summed E-state index contributed by atoms with van der Waals surface area (Å²) in [5.74, 6) is -0.380. The number of rotatable bonds is 15. The van der Waals surface area contributed by atoms with Crippen molar-refractivity contribution < 1.29 is 54.8 Å². The van der Waals surface area contributed by atoms with Gasteiger partial charge >= 0.3 is 0 Å². The molecule has 0 fully saturated rings. The monoisotopic (exact) mass is 664 g/mol. The molecule has 0 unspecified atom stereocenters. The number of nitrogens with two attached hydrogens (primary N) is 2. The van der Waals surface area contributed by atoms with Gasteiger partial charge in [0.25, 0.3) is 10.1 Å². The highest BCUT2D eigenvalue weighted by Crippen LogP contribution is 2.37. The van der Waals surface area contributed by atoms with Gasteiger partial charge in [-0.05, 0) is 54.6 Å². The molecular formula is C20H20N6O12S4. The van der Waals surface area contributed by atoms with Crippen LogP contribution < -0.4 is 11.5 Å². The largest absolute Gasteiger partial charge is 0.397 e. The van der Waals surface area contributed by atoms with Gasteiger partial charge in [-0.25, -0.2) is 18.9 Å². The lowest BCUT2D eigenvalue weighted by Crippen LogP contribution is -2.10. The van der Waals surface area contributed by atoms with Crippen molar-refractivity contribution >= 4 is 78.4 Å². The van der Waals surface area contributed by atoms with Crippen LogP contribution in [0.25, 0.3) is 0 Å². The second kappa shape index (κ2) is 15.3. The summed E-state index contributed by atoms with van der Waals surface area (Å²) >= 11 is 0.780. The zero-order valence-corrected chi connectivity index (χ0v) is 24.0. The number of nitrogens with zero attached hydrogens (tertiary/aromatic N) is 4. The molecule has 18 nitrogen and oxygen atoms in total. The SMILES string of the molecule is Nc1cc(N)c(N=Nc2cc(SOOO)ccc2S(=O)(=O)O)cc1N=Nc1ccc(S(=O)(=O)CCOSOOO)cc1. The van der Waals surface area contributed by atoms with Crippen molar-refractivity contribution in [2.45, 2.75) is 14.7 Å². The summed E-state index contributed by atoms with van der Waals surface area (Å²) in [7, 11) is -8.39. The van der Waals surface area contributed by atoms with Gasteiger partial charge in [0.15, 0.2) is 22.2 Å². The van der Waals surface area contributed by atoms with Gasteiger partial charge in [-0.1, -0.05) is 10.1 Å². The predicted molar refractivity (Wildman–Crippen MR) is 147 cm³/mol. The van der Waals surface area contributed by atoms with Gasteiger partial charge in [-0.3, -0.25) is 8.74 Å². The summed E-state index contributed by atoms with van der Waals surface area (Å²) < 4.78 is 70.9. The van der Waals surface area contributed by atoms with E-state index in [1.165, 1.54) is 48.5 Å². The van der Waals surface area contributed by atoms with Crippen LogP contribution >= 0.6 is 24.4 Å². The fourth-order valence-electron chi connectivity index (χ4n) is 2.95. The van der Waals surface area contributed by atoms with Crippen LogP contribution in [-0.2, 0) is 42.9 Å². The molecule has 42 heavy (non-hydrogen) atoms. The van der Waals surface area contributed by atoms with Crippen molar-refractivity contribution in [2.24, 2.45) is 20.5 Å². The van der Waals surface area contributed by atoms with Gasteiger partial charge in [-0.2, -0.15) is 13.5 Å². The van der Waals surface area contributed by atoms with Gasteiger partial charge in [0, 0.05) is 4.90 Å². The standard InChI is InChI=1S/C20H20N6O12S4/c21-15-10-16(22)18(25-26-19-9-13(39-37-35-27)3-6-20(19)42(31,32)33)11-17(15)24-23-12-1-4-14(5-2-12)41(29,30)8-7-34-40-38-36-28/h1-6,9-11,27-28H,7-8,21-22H2,(H,31,32,33). The number of nitrogen functional groups attached to an aromatic ring is 2. The Hall–Kier alpha value is -3.26. The first-order valence-electron chi connectivity index (χ1n) is 10.8. The van der Waals surface area contributed by atoms with Crippen LogP contribution in [0.1, 0.15) is 0 Å². The predicted octanol–water partition coefficient (Wildman–Crippen LogP) is 5.13. The Balaban J connectivity index is 1.81. The first-order chi connectivity index (χ1) is 19.9. The van der Waals surface area contributed by atoms with E-state index in [0.29, 0.717) is 12.0 Å². The highest BCUT2D eigenvalue weighted by Gasteiger charge is 2.18. The van der Waals surface area contributed by atoms with Crippen LogP contribution in [-0.4, -0.2) is 44.3 Å². The van der Waals surface area contributed by atoms with Gasteiger partial charge in [0.1, 0.15) is 22.0 Å². The maximum atomic E-state index is 12.4. The van der Waals surface area contributed by atoms with E-state index in [1.54, 1.807) is 0 Å². The Morgan fingerprint density at radius 2 is 1.38 bits per heavy atom. The number of sulfone groups is 1. The van der Waals surface area contributed by atoms with Crippen molar-refractivity contribution in [3.05, 3.63) is 54.6 Å². The van der Waals surface area contributed by atoms with Crippen molar-refractivity contribution in [3.8, 4) is 0 Å². The number of anilines is 2. The van der Waals surface area contributed by atoms with Crippen molar-refractivity contribution in [1.82, 2.24) is 0 Å². The highest BCUT2D eigenvalue weighted by molar-refractivity contribution is 7.94. The second-order valence-corrected chi connectivity index (χ2v) is 12.3. The third-order valence-electron chi connectivity index (χ3n) is 4.82. The van der Waals surface area contributed by atoms with E-state index in [1.807, 2.05) is 0 Å². The van der Waals surface area contributed by atoms with Crippen LogP contribution in [0, 0.1) is 0 Å². The zero-order valence-electron chi connectivity index (χ0n) is 20.7. The lowest BCUT2D eigenvalue weighted by Gasteiger charge is -2.06. The first-order valence-corrected chi connectivity index (χ1v) is 15.3. The minimum absolute atomic E-state index is 0.00810. The summed E-state index contributed by atoms with van der Waals surface area (Å²) in [6, 6.07) is 11.5. The average Bonchev–Trinajstić information content (AvgIpc) is 2.94. The first kappa shape index (κ1) is 33.2. The summed E-state index contributed by atoms with van der Waals surface area (Å²) in [4.78, 5) is -0.345. The van der Waals surface area contributed by atoms with E-state index >= 15 is 0 Å². The molecule has 3 aromatic carbocycles. The Bertz CT molecular complexity index is 1650. The van der Waals surface area contributed by atoms with Crippen LogP contribution in [0.3, 0.4) is 0 Å². The summed E-state index contributed by atoms with van der Waals surface area (Å²) in [6.07, 6.45) is 0. The number of benzene rings is 3. The molecule has 0 spiro atoms. The molecule has 0 saturated heterocycles. The smallest absolute Gasteiger partial charge is 0.296 e.